The van der Waals surface area contributed by atoms with E-state index < -0.39 is 5.97 Å². The van der Waals surface area contributed by atoms with Gasteiger partial charge in [-0.1, -0.05) is 69.3 Å². The number of hydrogen-bond acceptors (Lipinski definition) is 4. The van der Waals surface area contributed by atoms with Crippen LogP contribution in [0.2, 0.25) is 0 Å². The Kier molecular flexibility index (Phi) is 7.48. The molecule has 1 aliphatic rings. The zero-order valence-corrected chi connectivity index (χ0v) is 22.1. The smallest absolute Gasteiger partial charge is 0.338 e. The van der Waals surface area contributed by atoms with Gasteiger partial charge in [0.25, 0.3) is 5.91 Å². The lowest BCUT2D eigenvalue weighted by Crippen LogP contribution is -2.29. The van der Waals surface area contributed by atoms with Gasteiger partial charge in [0.2, 0.25) is 5.91 Å². The van der Waals surface area contributed by atoms with Crippen molar-refractivity contribution in [1.29, 1.82) is 0 Å². The van der Waals surface area contributed by atoms with Crippen LogP contribution in [0, 0.1) is 0 Å². The lowest BCUT2D eigenvalue weighted by atomic mass is 9.87. The molecule has 0 aliphatic carbocycles. The van der Waals surface area contributed by atoms with Crippen molar-refractivity contribution in [3.63, 3.8) is 0 Å². The largest absolute Gasteiger partial charge is 0.465 e. The summed E-state index contributed by atoms with van der Waals surface area (Å²) in [6.45, 7) is 8.73. The summed E-state index contributed by atoms with van der Waals surface area (Å²) in [5.74, 6) is -1.20. The van der Waals surface area contributed by atoms with Crippen LogP contribution in [0.5, 0.6) is 0 Å². The Morgan fingerprint density at radius 3 is 2.22 bits per heavy atom. The first kappa shape index (κ1) is 26.1. The Bertz CT molecular complexity index is 1290. The highest BCUT2D eigenvalue weighted by molar-refractivity contribution is 6.03. The molecule has 1 N–H and O–H groups in total. The van der Waals surface area contributed by atoms with Crippen molar-refractivity contribution in [3.8, 4) is 0 Å². The number of esters is 1. The van der Waals surface area contributed by atoms with Gasteiger partial charge in [-0.15, -0.1) is 0 Å². The van der Waals surface area contributed by atoms with E-state index in [9.17, 15) is 14.4 Å². The van der Waals surface area contributed by atoms with E-state index in [0.717, 1.165) is 11.3 Å². The minimum atomic E-state index is -0.527. The minimum Gasteiger partial charge on any atom is -0.465 e. The number of ether oxygens (including phenoxy) is 1. The van der Waals surface area contributed by atoms with Crippen LogP contribution in [0.4, 0.5) is 5.69 Å². The summed E-state index contributed by atoms with van der Waals surface area (Å²) in [6, 6.07) is 22.5. The first-order valence-electron chi connectivity index (χ1n) is 12.6. The molecule has 2 atom stereocenters. The Morgan fingerprint density at radius 1 is 0.946 bits per heavy atom. The van der Waals surface area contributed by atoms with Crippen molar-refractivity contribution in [2.24, 2.45) is 0 Å². The lowest BCUT2D eigenvalue weighted by Gasteiger charge is -2.23. The molecule has 0 unspecified atom stereocenters. The molecule has 37 heavy (non-hydrogen) atoms. The van der Waals surface area contributed by atoms with E-state index in [1.807, 2.05) is 61.5 Å². The van der Waals surface area contributed by atoms with E-state index >= 15 is 0 Å². The van der Waals surface area contributed by atoms with Crippen LogP contribution in [0.25, 0.3) is 0 Å². The molecule has 0 radical (unpaired) electrons. The van der Waals surface area contributed by atoms with E-state index in [1.54, 1.807) is 23.1 Å². The SMILES string of the molecule is COC(=O)c1cccc(C(=O)N[C@@H](C)c2ccccc2)c1[C@@H]1CC(=O)N(c2ccc(C(C)(C)C)cc2)C1. The van der Waals surface area contributed by atoms with Crippen LogP contribution in [0.15, 0.2) is 72.8 Å². The number of anilines is 1. The molecule has 0 saturated carbocycles. The van der Waals surface area contributed by atoms with E-state index in [0.29, 0.717) is 23.2 Å². The Balaban J connectivity index is 1.66. The molecule has 0 bridgehead atoms. The van der Waals surface area contributed by atoms with Crippen LogP contribution in [-0.2, 0) is 14.9 Å². The number of hydrogen-bond donors (Lipinski definition) is 1. The predicted molar refractivity (Wildman–Crippen MR) is 145 cm³/mol. The third-order valence-corrected chi connectivity index (χ3v) is 6.98. The summed E-state index contributed by atoms with van der Waals surface area (Å²) >= 11 is 0. The molecule has 2 amide bonds. The molecule has 1 aliphatic heterocycles. The lowest BCUT2D eigenvalue weighted by molar-refractivity contribution is -0.117. The maximum atomic E-state index is 13.5. The second kappa shape index (κ2) is 10.6. The van der Waals surface area contributed by atoms with Crippen LogP contribution in [0.1, 0.15) is 83.5 Å². The quantitative estimate of drug-likeness (QED) is 0.437. The molecule has 6 nitrogen and oxygen atoms in total. The van der Waals surface area contributed by atoms with E-state index in [-0.39, 0.29) is 35.6 Å². The number of nitrogens with zero attached hydrogens (tertiary/aromatic N) is 1. The third kappa shape index (κ3) is 5.58. The van der Waals surface area contributed by atoms with Crippen LogP contribution in [0.3, 0.4) is 0 Å². The van der Waals surface area contributed by atoms with Crippen LogP contribution < -0.4 is 10.2 Å². The average Bonchev–Trinajstić information content (AvgIpc) is 3.28. The normalized spacial score (nSPS) is 16.4. The Labute approximate surface area is 218 Å². The maximum absolute atomic E-state index is 13.5. The van der Waals surface area contributed by atoms with E-state index in [4.69, 9.17) is 4.74 Å². The zero-order chi connectivity index (χ0) is 26.7. The molecule has 1 heterocycles. The second-order valence-electron chi connectivity index (χ2n) is 10.6. The Morgan fingerprint density at radius 2 is 1.59 bits per heavy atom. The highest BCUT2D eigenvalue weighted by atomic mass is 16.5. The van der Waals surface area contributed by atoms with Gasteiger partial charge in [0, 0.05) is 30.1 Å². The van der Waals surface area contributed by atoms with Gasteiger partial charge >= 0.3 is 5.97 Å². The summed E-state index contributed by atoms with van der Waals surface area (Å²) in [4.78, 5) is 41.1. The molecule has 0 spiro atoms. The minimum absolute atomic E-state index is 0.00862. The first-order valence-corrected chi connectivity index (χ1v) is 12.6. The molecule has 192 valence electrons. The van der Waals surface area contributed by atoms with Gasteiger partial charge in [-0.3, -0.25) is 9.59 Å². The fourth-order valence-corrected chi connectivity index (χ4v) is 4.88. The number of methoxy groups -OCH3 is 1. The standard InChI is InChI=1S/C31H34N2O4/c1-20(21-10-7-6-8-11-21)32-29(35)25-12-9-13-26(30(36)37-5)28(25)22-18-27(34)33(19-22)24-16-14-23(15-17-24)31(2,3)4/h6-17,20,22H,18-19H2,1-5H3,(H,32,35)/t20-,22+/m0/s1. The van der Waals surface area contributed by atoms with E-state index in [1.165, 1.54) is 12.7 Å². The molecule has 0 aromatic heterocycles. The predicted octanol–water partition coefficient (Wildman–Crippen LogP) is 5.78. The van der Waals surface area contributed by atoms with Gasteiger partial charge in [0.05, 0.1) is 18.7 Å². The Hall–Kier alpha value is -3.93. The molecule has 3 aromatic rings. The highest BCUT2D eigenvalue weighted by Gasteiger charge is 2.36. The van der Waals surface area contributed by atoms with Gasteiger partial charge in [0.15, 0.2) is 0 Å². The second-order valence-corrected chi connectivity index (χ2v) is 10.6. The third-order valence-electron chi connectivity index (χ3n) is 6.98. The first-order chi connectivity index (χ1) is 17.6. The fourth-order valence-electron chi connectivity index (χ4n) is 4.88. The summed E-state index contributed by atoms with van der Waals surface area (Å²) in [5, 5.41) is 3.05. The fraction of sp³-hybridized carbons (Fsp3) is 0.323. The molecule has 6 heteroatoms. The van der Waals surface area contributed by atoms with Gasteiger partial charge in [0.1, 0.15) is 0 Å². The van der Waals surface area contributed by atoms with Crippen molar-refractivity contribution < 1.29 is 19.1 Å². The molecule has 1 saturated heterocycles. The molecule has 4 rings (SSSR count). The van der Waals surface area contributed by atoms with Crippen molar-refractivity contribution in [2.45, 2.75) is 51.5 Å². The van der Waals surface area contributed by atoms with Gasteiger partial charge in [-0.25, -0.2) is 4.79 Å². The molecular formula is C31H34N2O4. The maximum Gasteiger partial charge on any atom is 0.338 e. The molecule has 1 fully saturated rings. The van der Waals surface area contributed by atoms with Crippen molar-refractivity contribution in [3.05, 3.63) is 101 Å². The number of rotatable bonds is 6. The van der Waals surface area contributed by atoms with Crippen LogP contribution in [-0.4, -0.2) is 31.4 Å². The zero-order valence-electron chi connectivity index (χ0n) is 22.1. The summed E-state index contributed by atoms with van der Waals surface area (Å²) in [6.07, 6.45) is 0.198. The number of benzene rings is 3. The van der Waals surface area contributed by atoms with Crippen molar-refractivity contribution in [2.75, 3.05) is 18.6 Å². The molecular weight excluding hydrogens is 464 g/mol. The van der Waals surface area contributed by atoms with Gasteiger partial charge in [-0.05, 0) is 53.3 Å². The van der Waals surface area contributed by atoms with E-state index in [2.05, 4.69) is 26.1 Å². The average molecular weight is 499 g/mol. The summed E-state index contributed by atoms with van der Waals surface area (Å²) in [7, 11) is 1.32. The number of nitrogens with one attached hydrogen (secondary N) is 1. The van der Waals surface area contributed by atoms with Crippen LogP contribution >= 0.6 is 0 Å². The summed E-state index contributed by atoms with van der Waals surface area (Å²) in [5.41, 5.74) is 4.21. The summed E-state index contributed by atoms with van der Waals surface area (Å²) < 4.78 is 5.04. The number of amides is 2. The van der Waals surface area contributed by atoms with Gasteiger partial charge in [-0.2, -0.15) is 0 Å². The number of carbonyl (C=O) groups excluding carboxylic acids is 3. The van der Waals surface area contributed by atoms with Gasteiger partial charge < -0.3 is 15.0 Å². The van der Waals surface area contributed by atoms with Crippen molar-refractivity contribution in [1.82, 2.24) is 5.32 Å². The monoisotopic (exact) mass is 498 g/mol. The topological polar surface area (TPSA) is 75.7 Å². The molecule has 3 aromatic carbocycles. The van der Waals surface area contributed by atoms with Crippen molar-refractivity contribution >= 4 is 23.5 Å². The highest BCUT2D eigenvalue weighted by Crippen LogP contribution is 2.36. The number of carbonyl (C=O) groups is 3.